The maximum atomic E-state index is 12.3. The summed E-state index contributed by atoms with van der Waals surface area (Å²) in [4.78, 5) is 12.3. The Morgan fingerprint density at radius 2 is 2.04 bits per heavy atom. The fourth-order valence-corrected chi connectivity index (χ4v) is 3.53. The highest BCUT2D eigenvalue weighted by atomic mass is 16.1. The van der Waals surface area contributed by atoms with Gasteiger partial charge in [-0.3, -0.25) is 4.79 Å². The fourth-order valence-electron chi connectivity index (χ4n) is 3.53. The number of nitrogens with zero attached hydrogens (tertiary/aromatic N) is 2. The monoisotopic (exact) mass is 325 g/mol. The Bertz CT molecular complexity index is 665. The molecule has 0 bridgehead atoms. The summed E-state index contributed by atoms with van der Waals surface area (Å²) in [6, 6.07) is 10.4. The minimum atomic E-state index is 0.161. The highest BCUT2D eigenvalue weighted by Crippen LogP contribution is 2.29. The van der Waals surface area contributed by atoms with Crippen LogP contribution in [0.25, 0.3) is 5.69 Å². The molecule has 1 N–H and O–H groups in total. The lowest BCUT2D eigenvalue weighted by Crippen LogP contribution is -2.43. The molecular formula is C20H27N3O. The zero-order valence-electron chi connectivity index (χ0n) is 14.6. The van der Waals surface area contributed by atoms with Gasteiger partial charge in [-0.2, -0.15) is 5.10 Å². The van der Waals surface area contributed by atoms with Gasteiger partial charge in [0.2, 0.25) is 5.91 Å². The Morgan fingerprint density at radius 1 is 1.25 bits per heavy atom. The molecule has 4 heteroatoms. The van der Waals surface area contributed by atoms with Crippen LogP contribution in [-0.2, 0) is 11.2 Å². The van der Waals surface area contributed by atoms with Crippen LogP contribution < -0.4 is 5.32 Å². The van der Waals surface area contributed by atoms with Gasteiger partial charge in [0.05, 0.1) is 11.9 Å². The summed E-state index contributed by atoms with van der Waals surface area (Å²) in [6.07, 6.45) is 8.74. The van der Waals surface area contributed by atoms with Gasteiger partial charge >= 0.3 is 0 Å². The molecule has 1 aliphatic carbocycles. The SMILES string of the molecule is CC1CCCC(NC(=O)CCc2cnn(-c3ccccc3)c2)C1C. The Kier molecular flexibility index (Phi) is 5.34. The Labute approximate surface area is 144 Å². The molecule has 0 aliphatic heterocycles. The predicted molar refractivity (Wildman–Crippen MR) is 96.0 cm³/mol. The number of carbonyl (C=O) groups is 1. The molecule has 0 radical (unpaired) electrons. The summed E-state index contributed by atoms with van der Waals surface area (Å²) in [6.45, 7) is 4.56. The number of aromatic nitrogens is 2. The minimum Gasteiger partial charge on any atom is -0.353 e. The second-order valence-electron chi connectivity index (χ2n) is 7.07. The van der Waals surface area contributed by atoms with Gasteiger partial charge in [-0.05, 0) is 42.4 Å². The molecule has 1 saturated carbocycles. The van der Waals surface area contributed by atoms with Gasteiger partial charge in [0, 0.05) is 18.7 Å². The van der Waals surface area contributed by atoms with Crippen molar-refractivity contribution in [1.82, 2.24) is 15.1 Å². The number of amides is 1. The molecule has 3 rings (SSSR count). The van der Waals surface area contributed by atoms with Crippen LogP contribution >= 0.6 is 0 Å². The summed E-state index contributed by atoms with van der Waals surface area (Å²) in [5, 5.41) is 7.63. The molecule has 0 saturated heterocycles. The lowest BCUT2D eigenvalue weighted by Gasteiger charge is -2.34. The van der Waals surface area contributed by atoms with E-state index < -0.39 is 0 Å². The summed E-state index contributed by atoms with van der Waals surface area (Å²) in [5.74, 6) is 1.44. The number of hydrogen-bond acceptors (Lipinski definition) is 2. The molecule has 24 heavy (non-hydrogen) atoms. The van der Waals surface area contributed by atoms with Crippen molar-refractivity contribution in [2.75, 3.05) is 0 Å². The zero-order valence-corrected chi connectivity index (χ0v) is 14.6. The molecule has 3 atom stereocenters. The van der Waals surface area contributed by atoms with Crippen LogP contribution in [0.5, 0.6) is 0 Å². The first-order valence-electron chi connectivity index (χ1n) is 9.02. The topological polar surface area (TPSA) is 46.9 Å². The maximum Gasteiger partial charge on any atom is 0.220 e. The van der Waals surface area contributed by atoms with Gasteiger partial charge < -0.3 is 5.32 Å². The molecule has 1 fully saturated rings. The van der Waals surface area contributed by atoms with Gasteiger partial charge in [0.15, 0.2) is 0 Å². The molecule has 1 aromatic heterocycles. The van der Waals surface area contributed by atoms with Crippen molar-refractivity contribution in [3.05, 3.63) is 48.3 Å². The Morgan fingerprint density at radius 3 is 2.83 bits per heavy atom. The Hall–Kier alpha value is -2.10. The van der Waals surface area contributed by atoms with Gasteiger partial charge in [-0.15, -0.1) is 0 Å². The van der Waals surface area contributed by atoms with Crippen LogP contribution in [0, 0.1) is 11.8 Å². The normalized spacial score (nSPS) is 23.8. The quantitative estimate of drug-likeness (QED) is 0.910. The fraction of sp³-hybridized carbons (Fsp3) is 0.500. The van der Waals surface area contributed by atoms with Crippen LogP contribution in [0.15, 0.2) is 42.7 Å². The number of carbonyl (C=O) groups excluding carboxylic acids is 1. The van der Waals surface area contributed by atoms with E-state index in [4.69, 9.17) is 0 Å². The molecule has 128 valence electrons. The third kappa shape index (κ3) is 4.05. The van der Waals surface area contributed by atoms with Crippen LogP contribution in [0.1, 0.15) is 45.1 Å². The average molecular weight is 325 g/mol. The predicted octanol–water partition coefficient (Wildman–Crippen LogP) is 3.75. The minimum absolute atomic E-state index is 0.161. The third-order valence-electron chi connectivity index (χ3n) is 5.35. The van der Waals surface area contributed by atoms with E-state index in [0.717, 1.165) is 24.1 Å². The van der Waals surface area contributed by atoms with Crippen LogP contribution in [0.2, 0.25) is 0 Å². The molecule has 1 aliphatic rings. The average Bonchev–Trinajstić information content (AvgIpc) is 3.07. The second kappa shape index (κ2) is 7.65. The van der Waals surface area contributed by atoms with Crippen molar-refractivity contribution in [2.45, 2.75) is 52.0 Å². The van der Waals surface area contributed by atoms with Gasteiger partial charge in [-0.25, -0.2) is 4.68 Å². The van der Waals surface area contributed by atoms with E-state index in [1.807, 2.05) is 47.4 Å². The van der Waals surface area contributed by atoms with Crippen molar-refractivity contribution < 1.29 is 4.79 Å². The first-order chi connectivity index (χ1) is 11.6. The summed E-state index contributed by atoms with van der Waals surface area (Å²) in [7, 11) is 0. The number of nitrogens with one attached hydrogen (secondary N) is 1. The molecule has 0 spiro atoms. The molecule has 1 aromatic carbocycles. The molecule has 2 aromatic rings. The highest BCUT2D eigenvalue weighted by molar-refractivity contribution is 5.76. The van der Waals surface area contributed by atoms with E-state index in [1.165, 1.54) is 12.8 Å². The van der Waals surface area contributed by atoms with Crippen LogP contribution in [-0.4, -0.2) is 21.7 Å². The summed E-state index contributed by atoms with van der Waals surface area (Å²) < 4.78 is 1.86. The van der Waals surface area contributed by atoms with Gasteiger partial charge in [-0.1, -0.05) is 44.9 Å². The van der Waals surface area contributed by atoms with Gasteiger partial charge in [0.25, 0.3) is 0 Å². The van der Waals surface area contributed by atoms with E-state index in [-0.39, 0.29) is 5.91 Å². The van der Waals surface area contributed by atoms with E-state index in [0.29, 0.717) is 24.3 Å². The molecule has 1 heterocycles. The van der Waals surface area contributed by atoms with Crippen LogP contribution in [0.3, 0.4) is 0 Å². The number of rotatable bonds is 5. The lowest BCUT2D eigenvalue weighted by atomic mass is 9.78. The molecule has 4 nitrogen and oxygen atoms in total. The van der Waals surface area contributed by atoms with Crippen molar-refractivity contribution in [3.8, 4) is 5.69 Å². The van der Waals surface area contributed by atoms with E-state index in [9.17, 15) is 4.79 Å². The zero-order chi connectivity index (χ0) is 16.9. The lowest BCUT2D eigenvalue weighted by molar-refractivity contribution is -0.122. The van der Waals surface area contributed by atoms with Crippen molar-refractivity contribution >= 4 is 5.91 Å². The van der Waals surface area contributed by atoms with Crippen molar-refractivity contribution in [1.29, 1.82) is 0 Å². The number of hydrogen-bond donors (Lipinski definition) is 1. The Balaban J connectivity index is 1.51. The summed E-state index contributed by atoms with van der Waals surface area (Å²) in [5.41, 5.74) is 2.14. The first kappa shape index (κ1) is 16.7. The van der Waals surface area contributed by atoms with Crippen molar-refractivity contribution in [2.24, 2.45) is 11.8 Å². The van der Waals surface area contributed by atoms with E-state index in [1.54, 1.807) is 0 Å². The van der Waals surface area contributed by atoms with Gasteiger partial charge in [0.1, 0.15) is 0 Å². The standard InChI is InChI=1S/C20H27N3O/c1-15-7-6-10-19(16(15)2)22-20(24)12-11-17-13-21-23(14-17)18-8-4-3-5-9-18/h3-5,8-9,13-16,19H,6-7,10-12H2,1-2H3,(H,22,24). The highest BCUT2D eigenvalue weighted by Gasteiger charge is 2.27. The van der Waals surface area contributed by atoms with E-state index >= 15 is 0 Å². The van der Waals surface area contributed by atoms with E-state index in [2.05, 4.69) is 24.3 Å². The molecule has 1 amide bonds. The smallest absolute Gasteiger partial charge is 0.220 e. The third-order valence-corrected chi connectivity index (χ3v) is 5.35. The number of aryl methyl sites for hydroxylation is 1. The van der Waals surface area contributed by atoms with Crippen LogP contribution in [0.4, 0.5) is 0 Å². The molecular weight excluding hydrogens is 298 g/mol. The maximum absolute atomic E-state index is 12.3. The first-order valence-corrected chi connectivity index (χ1v) is 9.02. The molecule has 3 unspecified atom stereocenters. The van der Waals surface area contributed by atoms with Crippen molar-refractivity contribution in [3.63, 3.8) is 0 Å². The number of benzene rings is 1. The second-order valence-corrected chi connectivity index (χ2v) is 7.07. The summed E-state index contributed by atoms with van der Waals surface area (Å²) >= 11 is 0. The number of para-hydroxylation sites is 1. The largest absolute Gasteiger partial charge is 0.353 e.